The number of phenolic OH excluding ortho intramolecular Hbond substituents is 1. The fraction of sp³-hybridized carbons (Fsp3) is 0.421. The van der Waals surface area contributed by atoms with Crippen LogP contribution in [0.2, 0.25) is 0 Å². The fourth-order valence-corrected chi connectivity index (χ4v) is 2.60. The average Bonchev–Trinajstić information content (AvgIpc) is 2.70. The summed E-state index contributed by atoms with van der Waals surface area (Å²) in [5.74, 6) is -4.85. The van der Waals surface area contributed by atoms with E-state index in [4.69, 9.17) is 16.6 Å². The summed E-state index contributed by atoms with van der Waals surface area (Å²) in [6, 6.07) is 1.59. The Morgan fingerprint density at radius 1 is 1.00 bits per heavy atom. The maximum absolute atomic E-state index is 12.8. The van der Waals surface area contributed by atoms with Crippen molar-refractivity contribution in [2.45, 2.75) is 44.0 Å². The van der Waals surface area contributed by atoms with Crippen LogP contribution in [0.4, 0.5) is 0 Å². The van der Waals surface area contributed by atoms with Gasteiger partial charge in [-0.1, -0.05) is 12.1 Å². The number of amides is 4. The van der Waals surface area contributed by atoms with Crippen molar-refractivity contribution in [3.8, 4) is 5.75 Å². The summed E-state index contributed by atoms with van der Waals surface area (Å²) in [6.07, 6.45) is -1.95. The molecule has 0 aliphatic rings. The highest BCUT2D eigenvalue weighted by atomic mass is 16.4. The van der Waals surface area contributed by atoms with Gasteiger partial charge in [-0.3, -0.25) is 24.0 Å². The van der Waals surface area contributed by atoms with E-state index in [1.54, 1.807) is 0 Å². The zero-order valence-corrected chi connectivity index (χ0v) is 17.3. The summed E-state index contributed by atoms with van der Waals surface area (Å²) < 4.78 is 0. The van der Waals surface area contributed by atoms with Gasteiger partial charge in [0.1, 0.15) is 24.4 Å². The Kier molecular flexibility index (Phi) is 10.1. The molecule has 13 heteroatoms. The van der Waals surface area contributed by atoms with Gasteiger partial charge in [0.15, 0.2) is 0 Å². The van der Waals surface area contributed by atoms with Gasteiger partial charge in [0.25, 0.3) is 0 Å². The second-order valence-electron chi connectivity index (χ2n) is 7.05. The van der Waals surface area contributed by atoms with Gasteiger partial charge in [-0.25, -0.2) is 0 Å². The highest BCUT2D eigenvalue weighted by molar-refractivity contribution is 5.95. The molecule has 0 fully saturated rings. The molecule has 0 aliphatic carbocycles. The maximum atomic E-state index is 12.8. The molecule has 1 rings (SSSR count). The van der Waals surface area contributed by atoms with Crippen LogP contribution in [0.15, 0.2) is 24.3 Å². The van der Waals surface area contributed by atoms with Crippen molar-refractivity contribution in [2.24, 2.45) is 11.5 Å². The van der Waals surface area contributed by atoms with Crippen LogP contribution < -0.4 is 27.4 Å². The van der Waals surface area contributed by atoms with Gasteiger partial charge in [-0.05, 0) is 24.6 Å². The summed E-state index contributed by atoms with van der Waals surface area (Å²) in [5.41, 5.74) is 11.2. The number of aliphatic hydroxyl groups is 1. The van der Waals surface area contributed by atoms with E-state index in [2.05, 4.69) is 10.6 Å². The Morgan fingerprint density at radius 2 is 1.59 bits per heavy atom. The molecule has 176 valence electrons. The Hall–Kier alpha value is -3.71. The minimum atomic E-state index is -1.51. The maximum Gasteiger partial charge on any atom is 0.322 e. The lowest BCUT2D eigenvalue weighted by molar-refractivity contribution is -0.139. The van der Waals surface area contributed by atoms with Crippen LogP contribution in [-0.4, -0.2) is 75.7 Å². The molecule has 13 nitrogen and oxygen atoms in total. The molecule has 1 aromatic carbocycles. The van der Waals surface area contributed by atoms with Gasteiger partial charge in [0.05, 0.1) is 18.6 Å². The van der Waals surface area contributed by atoms with Crippen molar-refractivity contribution >= 4 is 29.6 Å². The fourth-order valence-electron chi connectivity index (χ4n) is 2.60. The van der Waals surface area contributed by atoms with Gasteiger partial charge in [-0.15, -0.1) is 0 Å². The molecule has 0 aliphatic heterocycles. The molecule has 4 amide bonds. The highest BCUT2D eigenvalue weighted by Crippen LogP contribution is 2.12. The third-order valence-electron chi connectivity index (χ3n) is 4.24. The van der Waals surface area contributed by atoms with Crippen LogP contribution in [0.25, 0.3) is 0 Å². The van der Waals surface area contributed by atoms with Gasteiger partial charge >= 0.3 is 5.97 Å². The van der Waals surface area contributed by atoms with E-state index in [0.29, 0.717) is 5.56 Å². The zero-order valence-electron chi connectivity index (χ0n) is 17.3. The van der Waals surface area contributed by atoms with Crippen molar-refractivity contribution in [1.82, 2.24) is 16.0 Å². The van der Waals surface area contributed by atoms with Crippen molar-refractivity contribution in [2.75, 3.05) is 6.54 Å². The first-order valence-corrected chi connectivity index (χ1v) is 9.50. The number of carboxylic acid groups (broad SMARTS) is 1. The van der Waals surface area contributed by atoms with Crippen LogP contribution in [0.3, 0.4) is 0 Å². The number of aromatic hydroxyl groups is 1. The molecule has 4 atom stereocenters. The molecule has 0 saturated heterocycles. The number of aliphatic hydroxyl groups excluding tert-OH is 1. The van der Waals surface area contributed by atoms with E-state index >= 15 is 0 Å². The number of carbonyl (C=O) groups is 5. The highest BCUT2D eigenvalue weighted by Gasteiger charge is 2.31. The first-order valence-electron chi connectivity index (χ1n) is 9.50. The molecule has 0 saturated carbocycles. The van der Waals surface area contributed by atoms with E-state index < -0.39 is 66.8 Å². The molecule has 0 heterocycles. The van der Waals surface area contributed by atoms with Crippen LogP contribution >= 0.6 is 0 Å². The number of benzene rings is 1. The van der Waals surface area contributed by atoms with Gasteiger partial charge in [-0.2, -0.15) is 0 Å². The Morgan fingerprint density at radius 3 is 2.09 bits per heavy atom. The van der Waals surface area contributed by atoms with Crippen LogP contribution in [0.1, 0.15) is 18.9 Å². The summed E-state index contributed by atoms with van der Waals surface area (Å²) >= 11 is 0. The van der Waals surface area contributed by atoms with Crippen LogP contribution in [0, 0.1) is 0 Å². The van der Waals surface area contributed by atoms with Gasteiger partial charge in [0, 0.05) is 6.42 Å². The quantitative estimate of drug-likeness (QED) is 0.158. The number of aliphatic carboxylic acids is 1. The van der Waals surface area contributed by atoms with Crippen LogP contribution in [0.5, 0.6) is 5.75 Å². The van der Waals surface area contributed by atoms with Crippen LogP contribution in [-0.2, 0) is 30.4 Å². The first kappa shape index (κ1) is 26.3. The molecule has 10 N–H and O–H groups in total. The number of carbonyl (C=O) groups excluding carboxylic acids is 4. The molecule has 32 heavy (non-hydrogen) atoms. The summed E-state index contributed by atoms with van der Waals surface area (Å²) in [7, 11) is 0. The number of rotatable bonds is 12. The normalized spacial score (nSPS) is 14.3. The minimum absolute atomic E-state index is 0.0217. The topological polar surface area (TPSA) is 234 Å². The van der Waals surface area contributed by atoms with Crippen molar-refractivity contribution < 1.29 is 39.3 Å². The summed E-state index contributed by atoms with van der Waals surface area (Å²) in [6.45, 7) is 0.481. The number of hydrogen-bond acceptors (Lipinski definition) is 8. The molecule has 0 bridgehead atoms. The lowest BCUT2D eigenvalue weighted by atomic mass is 10.0. The average molecular weight is 453 g/mol. The molecule has 0 aromatic heterocycles. The van der Waals surface area contributed by atoms with E-state index in [9.17, 15) is 34.2 Å². The second-order valence-corrected chi connectivity index (χ2v) is 7.05. The lowest BCUT2D eigenvalue weighted by Gasteiger charge is -2.25. The van der Waals surface area contributed by atoms with E-state index in [-0.39, 0.29) is 12.2 Å². The third kappa shape index (κ3) is 8.97. The Bertz CT molecular complexity index is 843. The number of carboxylic acids is 1. The lowest BCUT2D eigenvalue weighted by Crippen LogP contribution is -2.59. The standard InChI is InChI=1S/C19H27N5O8/c1-9(25)16(19(32)22-8-15(28)29)24-18(31)13(6-10-2-4-11(26)5-3-10)23-17(30)12(20)7-14(21)27/h2-5,9,12-13,16,25-26H,6-8,20H2,1H3,(H2,21,27)(H,22,32)(H,23,30)(H,24,31)(H,28,29). The molecule has 4 unspecified atom stereocenters. The molecule has 1 aromatic rings. The second kappa shape index (κ2) is 12.2. The predicted molar refractivity (Wildman–Crippen MR) is 110 cm³/mol. The zero-order chi connectivity index (χ0) is 24.4. The Labute approximate surface area is 183 Å². The van der Waals surface area contributed by atoms with E-state index in [1.165, 1.54) is 31.2 Å². The monoisotopic (exact) mass is 453 g/mol. The molecule has 0 spiro atoms. The number of phenols is 1. The number of primary amides is 1. The van der Waals surface area contributed by atoms with Crippen molar-refractivity contribution in [1.29, 1.82) is 0 Å². The summed E-state index contributed by atoms with van der Waals surface area (Å²) in [4.78, 5) is 59.0. The number of hydrogen-bond donors (Lipinski definition) is 8. The van der Waals surface area contributed by atoms with Crippen molar-refractivity contribution in [3.05, 3.63) is 29.8 Å². The smallest absolute Gasteiger partial charge is 0.322 e. The predicted octanol–water partition coefficient (Wildman–Crippen LogP) is -3.31. The Balaban J connectivity index is 3.03. The molecule has 0 radical (unpaired) electrons. The number of nitrogens with one attached hydrogen (secondary N) is 3. The largest absolute Gasteiger partial charge is 0.508 e. The minimum Gasteiger partial charge on any atom is -0.508 e. The third-order valence-corrected chi connectivity index (χ3v) is 4.24. The first-order chi connectivity index (χ1) is 14.9. The summed E-state index contributed by atoms with van der Waals surface area (Å²) in [5, 5.41) is 34.6. The molecular formula is C19H27N5O8. The van der Waals surface area contributed by atoms with Crippen molar-refractivity contribution in [3.63, 3.8) is 0 Å². The van der Waals surface area contributed by atoms with E-state index in [0.717, 1.165) is 0 Å². The van der Waals surface area contributed by atoms with Gasteiger partial charge in [0.2, 0.25) is 23.6 Å². The van der Waals surface area contributed by atoms with E-state index in [1.807, 2.05) is 5.32 Å². The van der Waals surface area contributed by atoms with Gasteiger partial charge < -0.3 is 42.7 Å². The SMILES string of the molecule is CC(O)C(NC(=O)C(Cc1ccc(O)cc1)NC(=O)C(N)CC(N)=O)C(=O)NCC(=O)O. The molecular weight excluding hydrogens is 426 g/mol. The number of nitrogens with two attached hydrogens (primary N) is 2.